The summed E-state index contributed by atoms with van der Waals surface area (Å²) < 4.78 is 5.22. The smallest absolute Gasteiger partial charge is 0.111 e. The highest BCUT2D eigenvalue weighted by molar-refractivity contribution is 4.98. The maximum atomic E-state index is 5.22. The second kappa shape index (κ2) is 2.42. The molecule has 10 heavy (non-hydrogen) atoms. The zero-order valence-electron chi connectivity index (χ0n) is 5.71. The molecule has 0 saturated carbocycles. The van der Waals surface area contributed by atoms with Crippen molar-refractivity contribution >= 4 is 0 Å². The minimum Gasteiger partial charge on any atom is -0.381 e. The average Bonchev–Trinajstić information content (AvgIpc) is 2.59. The maximum absolute atomic E-state index is 5.22. The summed E-state index contributed by atoms with van der Waals surface area (Å²) in [5.74, 6) is 1.58. The molecule has 0 radical (unpaired) electrons. The molecule has 3 nitrogen and oxygen atoms in total. The van der Waals surface area contributed by atoms with E-state index in [-0.39, 0.29) is 0 Å². The Morgan fingerprint density at radius 3 is 3.30 bits per heavy atom. The molecule has 2 heterocycles. The largest absolute Gasteiger partial charge is 0.381 e. The number of ether oxygens (including phenoxy) is 1. The van der Waals surface area contributed by atoms with Crippen LogP contribution < -0.4 is 0 Å². The average molecular weight is 138 g/mol. The van der Waals surface area contributed by atoms with Gasteiger partial charge in [-0.05, 0) is 6.42 Å². The van der Waals surface area contributed by atoms with Crippen molar-refractivity contribution in [3.8, 4) is 0 Å². The van der Waals surface area contributed by atoms with Gasteiger partial charge in [0.05, 0.1) is 6.61 Å². The Hall–Kier alpha value is -0.830. The van der Waals surface area contributed by atoms with Crippen LogP contribution in [0.2, 0.25) is 0 Å². The van der Waals surface area contributed by atoms with E-state index in [1.54, 1.807) is 6.20 Å². The summed E-state index contributed by atoms with van der Waals surface area (Å²) in [6.07, 6.45) is 4.74. The van der Waals surface area contributed by atoms with Crippen molar-refractivity contribution in [3.63, 3.8) is 0 Å². The van der Waals surface area contributed by atoms with Gasteiger partial charge in [0.1, 0.15) is 5.82 Å². The van der Waals surface area contributed by atoms with E-state index in [2.05, 4.69) is 9.97 Å². The van der Waals surface area contributed by atoms with Gasteiger partial charge < -0.3 is 9.72 Å². The number of hydrogen-bond donors (Lipinski definition) is 1. The second-order valence-electron chi connectivity index (χ2n) is 2.53. The number of imidazole rings is 1. The van der Waals surface area contributed by atoms with Gasteiger partial charge in [-0.15, -0.1) is 0 Å². The summed E-state index contributed by atoms with van der Waals surface area (Å²) >= 11 is 0. The first-order chi connectivity index (χ1) is 4.97. The lowest BCUT2D eigenvalue weighted by molar-refractivity contribution is 0.193. The molecule has 1 atom stereocenters. The molecular formula is C7H10N2O. The molecule has 1 aliphatic heterocycles. The van der Waals surface area contributed by atoms with Gasteiger partial charge in [0.25, 0.3) is 0 Å². The molecule has 1 aromatic rings. The molecule has 0 spiro atoms. The molecule has 2 rings (SSSR count). The standard InChI is InChI=1S/C7H10N2O/c1-4-10-5-6(1)7-8-2-3-9-7/h2-3,6H,1,4-5H2,(H,8,9)/t6-/m0/s1. The van der Waals surface area contributed by atoms with E-state index in [9.17, 15) is 0 Å². The molecule has 0 amide bonds. The highest BCUT2D eigenvalue weighted by atomic mass is 16.5. The van der Waals surface area contributed by atoms with Crippen molar-refractivity contribution in [2.24, 2.45) is 0 Å². The van der Waals surface area contributed by atoms with Gasteiger partial charge in [0.15, 0.2) is 0 Å². The first-order valence-electron chi connectivity index (χ1n) is 3.54. The molecule has 3 heteroatoms. The predicted octanol–water partition coefficient (Wildman–Crippen LogP) is 0.914. The summed E-state index contributed by atoms with van der Waals surface area (Å²) in [5, 5.41) is 0. The topological polar surface area (TPSA) is 37.9 Å². The Balaban J connectivity index is 2.12. The SMILES string of the molecule is c1c[nH]c([C@H]2CCOC2)n1. The first-order valence-corrected chi connectivity index (χ1v) is 3.54. The van der Waals surface area contributed by atoms with Gasteiger partial charge in [0, 0.05) is 24.9 Å². The van der Waals surface area contributed by atoms with Crippen LogP contribution in [0.3, 0.4) is 0 Å². The highest BCUT2D eigenvalue weighted by Crippen LogP contribution is 2.21. The quantitative estimate of drug-likeness (QED) is 0.626. The van der Waals surface area contributed by atoms with Gasteiger partial charge in [-0.2, -0.15) is 0 Å². The zero-order chi connectivity index (χ0) is 6.81. The molecule has 0 unspecified atom stereocenters. The van der Waals surface area contributed by atoms with Gasteiger partial charge in [0.2, 0.25) is 0 Å². The van der Waals surface area contributed by atoms with Crippen LogP contribution in [0.25, 0.3) is 0 Å². The minimum absolute atomic E-state index is 0.509. The van der Waals surface area contributed by atoms with E-state index in [0.717, 1.165) is 25.5 Å². The number of aromatic amines is 1. The van der Waals surface area contributed by atoms with Crippen LogP contribution >= 0.6 is 0 Å². The Kier molecular flexibility index (Phi) is 1.43. The summed E-state index contributed by atoms with van der Waals surface area (Å²) in [7, 11) is 0. The van der Waals surface area contributed by atoms with Crippen molar-refractivity contribution in [1.29, 1.82) is 0 Å². The molecule has 1 aromatic heterocycles. The summed E-state index contributed by atoms with van der Waals surface area (Å²) in [6, 6.07) is 0. The van der Waals surface area contributed by atoms with Crippen LogP contribution in [0.5, 0.6) is 0 Å². The minimum atomic E-state index is 0.509. The summed E-state index contributed by atoms with van der Waals surface area (Å²) in [4.78, 5) is 7.25. The van der Waals surface area contributed by atoms with Gasteiger partial charge >= 0.3 is 0 Å². The van der Waals surface area contributed by atoms with Crippen LogP contribution in [-0.2, 0) is 4.74 Å². The number of hydrogen-bond acceptors (Lipinski definition) is 2. The monoisotopic (exact) mass is 138 g/mol. The van der Waals surface area contributed by atoms with Crippen LogP contribution in [0.4, 0.5) is 0 Å². The van der Waals surface area contributed by atoms with Crippen LogP contribution in [0.15, 0.2) is 12.4 Å². The number of H-pyrrole nitrogens is 1. The van der Waals surface area contributed by atoms with Gasteiger partial charge in [-0.1, -0.05) is 0 Å². The summed E-state index contributed by atoms with van der Waals surface area (Å²) in [6.45, 7) is 1.71. The molecule has 1 aliphatic rings. The summed E-state index contributed by atoms with van der Waals surface area (Å²) in [5.41, 5.74) is 0. The van der Waals surface area contributed by atoms with Gasteiger partial charge in [-0.3, -0.25) is 0 Å². The van der Waals surface area contributed by atoms with E-state index in [1.807, 2.05) is 6.20 Å². The fraction of sp³-hybridized carbons (Fsp3) is 0.571. The maximum Gasteiger partial charge on any atom is 0.111 e. The molecule has 1 fully saturated rings. The van der Waals surface area contributed by atoms with Crippen molar-refractivity contribution in [3.05, 3.63) is 18.2 Å². The number of nitrogens with one attached hydrogen (secondary N) is 1. The fourth-order valence-electron chi connectivity index (χ4n) is 1.25. The molecule has 0 aromatic carbocycles. The fourth-order valence-corrected chi connectivity index (χ4v) is 1.25. The van der Waals surface area contributed by atoms with Crippen LogP contribution in [0.1, 0.15) is 18.2 Å². The molecule has 54 valence electrons. The van der Waals surface area contributed by atoms with E-state index in [4.69, 9.17) is 4.74 Å². The number of rotatable bonds is 1. The lowest BCUT2D eigenvalue weighted by atomic mass is 10.1. The molecule has 0 bridgehead atoms. The first kappa shape index (κ1) is 5.92. The van der Waals surface area contributed by atoms with E-state index >= 15 is 0 Å². The Bertz CT molecular complexity index is 189. The van der Waals surface area contributed by atoms with Crippen LogP contribution in [-0.4, -0.2) is 23.2 Å². The highest BCUT2D eigenvalue weighted by Gasteiger charge is 2.18. The Labute approximate surface area is 59.4 Å². The lowest BCUT2D eigenvalue weighted by Crippen LogP contribution is -1.98. The van der Waals surface area contributed by atoms with Crippen molar-refractivity contribution in [1.82, 2.24) is 9.97 Å². The Morgan fingerprint density at radius 1 is 1.70 bits per heavy atom. The number of nitrogens with zero attached hydrogens (tertiary/aromatic N) is 1. The predicted molar refractivity (Wildman–Crippen MR) is 36.8 cm³/mol. The van der Waals surface area contributed by atoms with E-state index in [0.29, 0.717) is 5.92 Å². The van der Waals surface area contributed by atoms with Crippen LogP contribution in [0, 0.1) is 0 Å². The van der Waals surface area contributed by atoms with Crippen molar-refractivity contribution in [2.45, 2.75) is 12.3 Å². The zero-order valence-corrected chi connectivity index (χ0v) is 5.71. The van der Waals surface area contributed by atoms with E-state index in [1.165, 1.54) is 0 Å². The third kappa shape index (κ3) is 0.926. The molecule has 0 aliphatic carbocycles. The normalized spacial score (nSPS) is 25.4. The molecule has 1 N–H and O–H groups in total. The Morgan fingerprint density at radius 2 is 2.70 bits per heavy atom. The van der Waals surface area contributed by atoms with Crippen molar-refractivity contribution < 1.29 is 4.74 Å². The van der Waals surface area contributed by atoms with Crippen molar-refractivity contribution in [2.75, 3.05) is 13.2 Å². The van der Waals surface area contributed by atoms with Gasteiger partial charge in [-0.25, -0.2) is 4.98 Å². The molecule has 1 saturated heterocycles. The lowest BCUT2D eigenvalue weighted by Gasteiger charge is -2.00. The van der Waals surface area contributed by atoms with E-state index < -0.39 is 0 Å². The number of aromatic nitrogens is 2. The second-order valence-corrected chi connectivity index (χ2v) is 2.53. The third-order valence-corrected chi connectivity index (χ3v) is 1.84. The molecular weight excluding hydrogens is 128 g/mol. The third-order valence-electron chi connectivity index (χ3n) is 1.84.